The molecule has 0 radical (unpaired) electrons. The van der Waals surface area contributed by atoms with Gasteiger partial charge in [0.2, 0.25) is 0 Å². The van der Waals surface area contributed by atoms with Crippen LogP contribution < -0.4 is 0 Å². The van der Waals surface area contributed by atoms with Crippen molar-refractivity contribution in [2.75, 3.05) is 6.61 Å². The maximum Gasteiger partial charge on any atom is 0.123 e. The molecule has 0 saturated heterocycles. The molecular formula is C15H14F2O. The van der Waals surface area contributed by atoms with E-state index in [2.05, 4.69) is 0 Å². The lowest BCUT2D eigenvalue weighted by atomic mass is 9.93. The van der Waals surface area contributed by atoms with Crippen molar-refractivity contribution in [2.24, 2.45) is 0 Å². The molecule has 2 rings (SSSR count). The zero-order valence-electron chi connectivity index (χ0n) is 9.81. The molecule has 0 amide bonds. The summed E-state index contributed by atoms with van der Waals surface area (Å²) in [5, 5.41) is 9.39. The van der Waals surface area contributed by atoms with Gasteiger partial charge in [-0.2, -0.15) is 0 Å². The second kappa shape index (κ2) is 5.74. The summed E-state index contributed by atoms with van der Waals surface area (Å²) in [5.74, 6) is -0.777. The van der Waals surface area contributed by atoms with Gasteiger partial charge in [-0.25, -0.2) is 8.78 Å². The van der Waals surface area contributed by atoms with E-state index in [1.165, 1.54) is 24.3 Å². The second-order valence-corrected chi connectivity index (χ2v) is 4.27. The van der Waals surface area contributed by atoms with Crippen LogP contribution in [-0.2, 0) is 6.42 Å². The Morgan fingerprint density at radius 3 is 2.28 bits per heavy atom. The number of hydrogen-bond donors (Lipinski definition) is 1. The third-order valence-corrected chi connectivity index (χ3v) is 2.94. The summed E-state index contributed by atoms with van der Waals surface area (Å²) in [4.78, 5) is 0. The average Bonchev–Trinajstić information content (AvgIpc) is 2.38. The predicted molar refractivity (Wildman–Crippen MR) is 66.3 cm³/mol. The Balaban J connectivity index is 2.17. The first-order valence-electron chi connectivity index (χ1n) is 5.80. The van der Waals surface area contributed by atoms with E-state index in [-0.39, 0.29) is 24.2 Å². The Hall–Kier alpha value is -1.74. The van der Waals surface area contributed by atoms with Gasteiger partial charge >= 0.3 is 0 Å². The minimum Gasteiger partial charge on any atom is -0.396 e. The van der Waals surface area contributed by atoms with E-state index >= 15 is 0 Å². The molecular weight excluding hydrogens is 234 g/mol. The topological polar surface area (TPSA) is 20.2 Å². The maximum atomic E-state index is 13.1. The highest BCUT2D eigenvalue weighted by Gasteiger charge is 2.12. The van der Waals surface area contributed by atoms with E-state index in [1.54, 1.807) is 24.3 Å². The van der Waals surface area contributed by atoms with E-state index in [9.17, 15) is 13.9 Å². The van der Waals surface area contributed by atoms with Gasteiger partial charge in [0.1, 0.15) is 11.6 Å². The molecule has 0 heterocycles. The number of rotatable bonds is 4. The molecule has 2 aromatic carbocycles. The lowest BCUT2D eigenvalue weighted by Crippen LogP contribution is -2.08. The summed E-state index contributed by atoms with van der Waals surface area (Å²) in [6.45, 7) is -0.0686. The van der Waals surface area contributed by atoms with Gasteiger partial charge in [0.25, 0.3) is 0 Å². The van der Waals surface area contributed by atoms with Gasteiger partial charge in [0.05, 0.1) is 6.61 Å². The third-order valence-electron chi connectivity index (χ3n) is 2.94. The van der Waals surface area contributed by atoms with Crippen molar-refractivity contribution in [1.29, 1.82) is 0 Å². The standard InChI is InChI=1S/C15H14F2O/c16-14-6-4-11(5-7-14)8-13(10-18)12-2-1-3-15(17)9-12/h1-7,9,13,18H,8,10H2. The van der Waals surface area contributed by atoms with Gasteiger partial charge in [-0.1, -0.05) is 24.3 Å². The lowest BCUT2D eigenvalue weighted by molar-refractivity contribution is 0.264. The molecule has 3 heteroatoms. The molecule has 1 unspecified atom stereocenters. The van der Waals surface area contributed by atoms with Gasteiger partial charge in [0.15, 0.2) is 0 Å². The van der Waals surface area contributed by atoms with Crippen LogP contribution in [0.1, 0.15) is 17.0 Å². The first-order valence-corrected chi connectivity index (χ1v) is 5.80. The number of benzene rings is 2. The highest BCUT2D eigenvalue weighted by molar-refractivity contribution is 5.25. The van der Waals surface area contributed by atoms with Crippen LogP contribution in [0.5, 0.6) is 0 Å². The molecule has 18 heavy (non-hydrogen) atoms. The smallest absolute Gasteiger partial charge is 0.123 e. The molecule has 0 saturated carbocycles. The first kappa shape index (κ1) is 12.7. The van der Waals surface area contributed by atoms with Crippen LogP contribution in [0.4, 0.5) is 8.78 Å². The van der Waals surface area contributed by atoms with Crippen molar-refractivity contribution in [2.45, 2.75) is 12.3 Å². The number of aliphatic hydroxyl groups excluding tert-OH is 1. The van der Waals surface area contributed by atoms with E-state index in [1.807, 2.05) is 0 Å². The van der Waals surface area contributed by atoms with Gasteiger partial charge in [-0.15, -0.1) is 0 Å². The number of aliphatic hydroxyl groups is 1. The molecule has 0 bridgehead atoms. The zero-order chi connectivity index (χ0) is 13.0. The van der Waals surface area contributed by atoms with Crippen molar-refractivity contribution < 1.29 is 13.9 Å². The molecule has 2 aromatic rings. The monoisotopic (exact) mass is 248 g/mol. The van der Waals surface area contributed by atoms with Crippen LogP contribution in [0.25, 0.3) is 0 Å². The van der Waals surface area contributed by atoms with Crippen LogP contribution in [-0.4, -0.2) is 11.7 Å². The van der Waals surface area contributed by atoms with Crippen molar-refractivity contribution in [1.82, 2.24) is 0 Å². The lowest BCUT2D eigenvalue weighted by Gasteiger charge is -2.14. The van der Waals surface area contributed by atoms with Gasteiger partial charge in [-0.05, 0) is 41.8 Å². The Morgan fingerprint density at radius 1 is 0.944 bits per heavy atom. The number of halogens is 2. The van der Waals surface area contributed by atoms with Crippen molar-refractivity contribution >= 4 is 0 Å². The average molecular weight is 248 g/mol. The van der Waals surface area contributed by atoms with E-state index in [4.69, 9.17) is 0 Å². The van der Waals surface area contributed by atoms with Crippen molar-refractivity contribution in [3.8, 4) is 0 Å². The Bertz CT molecular complexity index is 508. The molecule has 0 spiro atoms. The highest BCUT2D eigenvalue weighted by atomic mass is 19.1. The Kier molecular flexibility index (Phi) is 4.05. The van der Waals surface area contributed by atoms with Crippen LogP contribution in [0.3, 0.4) is 0 Å². The van der Waals surface area contributed by atoms with Gasteiger partial charge in [-0.3, -0.25) is 0 Å². The van der Waals surface area contributed by atoms with E-state index in [0.717, 1.165) is 11.1 Å². The maximum absolute atomic E-state index is 13.1. The first-order chi connectivity index (χ1) is 8.69. The quantitative estimate of drug-likeness (QED) is 0.880. The summed E-state index contributed by atoms with van der Waals surface area (Å²) >= 11 is 0. The van der Waals surface area contributed by atoms with Crippen LogP contribution in [0.15, 0.2) is 48.5 Å². The molecule has 0 aliphatic heterocycles. The van der Waals surface area contributed by atoms with Crippen LogP contribution >= 0.6 is 0 Å². The van der Waals surface area contributed by atoms with Crippen LogP contribution in [0, 0.1) is 11.6 Å². The van der Waals surface area contributed by atoms with E-state index in [0.29, 0.717) is 6.42 Å². The molecule has 1 atom stereocenters. The van der Waals surface area contributed by atoms with Gasteiger partial charge < -0.3 is 5.11 Å². The van der Waals surface area contributed by atoms with E-state index < -0.39 is 0 Å². The molecule has 0 aromatic heterocycles. The minimum absolute atomic E-state index is 0.0686. The molecule has 94 valence electrons. The fourth-order valence-electron chi connectivity index (χ4n) is 1.95. The molecule has 1 N–H and O–H groups in total. The summed E-state index contributed by atoms with van der Waals surface area (Å²) in [6.07, 6.45) is 0.556. The highest BCUT2D eigenvalue weighted by Crippen LogP contribution is 2.21. The Labute approximate surface area is 105 Å². The van der Waals surface area contributed by atoms with Crippen molar-refractivity contribution in [3.63, 3.8) is 0 Å². The summed E-state index contributed by atoms with van der Waals surface area (Å²) in [5.41, 5.74) is 1.67. The molecule has 0 fully saturated rings. The van der Waals surface area contributed by atoms with Crippen molar-refractivity contribution in [3.05, 3.63) is 71.3 Å². The normalized spacial score (nSPS) is 12.4. The fraction of sp³-hybridized carbons (Fsp3) is 0.200. The molecule has 0 aliphatic carbocycles. The second-order valence-electron chi connectivity index (χ2n) is 4.27. The largest absolute Gasteiger partial charge is 0.396 e. The van der Waals surface area contributed by atoms with Crippen LogP contribution in [0.2, 0.25) is 0 Å². The minimum atomic E-state index is -0.315. The number of hydrogen-bond acceptors (Lipinski definition) is 1. The molecule has 1 nitrogen and oxygen atoms in total. The summed E-state index contributed by atoms with van der Waals surface area (Å²) in [6, 6.07) is 12.3. The zero-order valence-corrected chi connectivity index (χ0v) is 9.81. The summed E-state index contributed by atoms with van der Waals surface area (Å²) < 4.78 is 25.9. The predicted octanol–water partition coefficient (Wildman–Crippen LogP) is 3.28. The van der Waals surface area contributed by atoms with Gasteiger partial charge in [0, 0.05) is 5.92 Å². The third kappa shape index (κ3) is 3.14. The fourth-order valence-corrected chi connectivity index (χ4v) is 1.95. The molecule has 0 aliphatic rings. The summed E-state index contributed by atoms with van der Waals surface area (Å²) in [7, 11) is 0. The Morgan fingerprint density at radius 2 is 1.67 bits per heavy atom. The SMILES string of the molecule is OCC(Cc1ccc(F)cc1)c1cccc(F)c1.